The van der Waals surface area contributed by atoms with Gasteiger partial charge in [0.1, 0.15) is 0 Å². The second-order valence-corrected chi connectivity index (χ2v) is 6.45. The van der Waals surface area contributed by atoms with E-state index in [1.54, 1.807) is 24.3 Å². The number of carbonyl (C=O) groups is 2. The Kier molecular flexibility index (Phi) is 4.05. The third kappa shape index (κ3) is 2.93. The maximum absolute atomic E-state index is 12.1. The fraction of sp³-hybridized carbons (Fsp3) is 0.529. The Bertz CT molecular complexity index is 560. The van der Waals surface area contributed by atoms with Crippen LogP contribution in [0.15, 0.2) is 24.3 Å². The van der Waals surface area contributed by atoms with Crippen LogP contribution in [-0.4, -0.2) is 22.6 Å². The predicted octanol–water partition coefficient (Wildman–Crippen LogP) is 2.91. The molecule has 118 valence electrons. The normalized spacial score (nSPS) is 19.6. The number of carboxylic acid groups (broad SMARTS) is 1. The molecule has 0 spiro atoms. The summed E-state index contributed by atoms with van der Waals surface area (Å²) in [7, 11) is 0. The van der Waals surface area contributed by atoms with Gasteiger partial charge in [-0.05, 0) is 55.7 Å². The van der Waals surface area contributed by atoms with Gasteiger partial charge in [-0.1, -0.05) is 18.6 Å². The number of urea groups is 1. The number of hydrogen-bond acceptors (Lipinski definition) is 2. The lowest BCUT2D eigenvalue weighted by atomic mass is 9.61. The molecule has 3 N–H and O–H groups in total. The molecule has 2 amide bonds. The van der Waals surface area contributed by atoms with E-state index in [1.165, 1.54) is 25.7 Å². The molecule has 5 heteroatoms. The molecule has 2 aliphatic carbocycles. The third-order valence-corrected chi connectivity index (χ3v) is 5.15. The predicted molar refractivity (Wildman–Crippen MR) is 82.7 cm³/mol. The molecular formula is C17H22N2O3. The topological polar surface area (TPSA) is 78.4 Å². The first kappa shape index (κ1) is 14.9. The van der Waals surface area contributed by atoms with Crippen molar-refractivity contribution in [2.45, 2.75) is 50.6 Å². The van der Waals surface area contributed by atoms with Gasteiger partial charge < -0.3 is 15.7 Å². The lowest BCUT2D eigenvalue weighted by molar-refractivity contribution is 0.0603. The summed E-state index contributed by atoms with van der Waals surface area (Å²) in [5, 5.41) is 14.9. The van der Waals surface area contributed by atoms with E-state index in [1.807, 2.05) is 0 Å². The highest BCUT2D eigenvalue weighted by molar-refractivity contribution is 5.87. The largest absolute Gasteiger partial charge is 0.478 e. The summed E-state index contributed by atoms with van der Waals surface area (Å²) < 4.78 is 0. The third-order valence-electron chi connectivity index (χ3n) is 5.15. The van der Waals surface area contributed by atoms with Gasteiger partial charge in [0, 0.05) is 12.1 Å². The Morgan fingerprint density at radius 3 is 2.27 bits per heavy atom. The molecule has 0 saturated heterocycles. The van der Waals surface area contributed by atoms with Crippen molar-refractivity contribution < 1.29 is 14.7 Å². The monoisotopic (exact) mass is 302 g/mol. The van der Waals surface area contributed by atoms with Gasteiger partial charge in [-0.25, -0.2) is 9.59 Å². The van der Waals surface area contributed by atoms with Crippen LogP contribution in [0.5, 0.6) is 0 Å². The first-order valence-electron chi connectivity index (χ1n) is 7.97. The maximum Gasteiger partial charge on any atom is 0.335 e. The standard InChI is InChI=1S/C17H22N2O3/c20-15(21)13-7-5-12(6-8-13)11-18-16(22)19-17(9-2-10-17)14-3-1-4-14/h5-8,14H,1-4,9-11H2,(H,20,21)(H2,18,19,22). The Morgan fingerprint density at radius 1 is 1.14 bits per heavy atom. The zero-order chi connectivity index (χ0) is 15.6. The van der Waals surface area contributed by atoms with Crippen LogP contribution in [-0.2, 0) is 6.54 Å². The molecule has 2 aliphatic rings. The zero-order valence-electron chi connectivity index (χ0n) is 12.6. The Morgan fingerprint density at radius 2 is 1.82 bits per heavy atom. The smallest absolute Gasteiger partial charge is 0.335 e. The average molecular weight is 302 g/mol. The first-order chi connectivity index (χ1) is 10.6. The lowest BCUT2D eigenvalue weighted by Gasteiger charge is -2.51. The van der Waals surface area contributed by atoms with Gasteiger partial charge in [0.2, 0.25) is 0 Å². The fourth-order valence-electron chi connectivity index (χ4n) is 3.37. The number of amides is 2. The Hall–Kier alpha value is -2.04. The highest BCUT2D eigenvalue weighted by atomic mass is 16.4. The number of carboxylic acids is 1. The highest BCUT2D eigenvalue weighted by Gasteiger charge is 2.47. The van der Waals surface area contributed by atoms with E-state index in [-0.39, 0.29) is 17.1 Å². The average Bonchev–Trinajstić information content (AvgIpc) is 2.41. The van der Waals surface area contributed by atoms with Gasteiger partial charge >= 0.3 is 12.0 Å². The minimum absolute atomic E-state index is 0.0372. The minimum atomic E-state index is -0.940. The molecule has 1 aromatic carbocycles. The van der Waals surface area contributed by atoms with Crippen LogP contribution in [0.4, 0.5) is 4.79 Å². The van der Waals surface area contributed by atoms with Crippen LogP contribution >= 0.6 is 0 Å². The van der Waals surface area contributed by atoms with Crippen molar-refractivity contribution in [1.29, 1.82) is 0 Å². The van der Waals surface area contributed by atoms with Crippen molar-refractivity contribution in [2.24, 2.45) is 5.92 Å². The number of nitrogens with one attached hydrogen (secondary N) is 2. The minimum Gasteiger partial charge on any atom is -0.478 e. The van der Waals surface area contributed by atoms with E-state index >= 15 is 0 Å². The van der Waals surface area contributed by atoms with E-state index in [2.05, 4.69) is 10.6 Å². The molecule has 0 unspecified atom stereocenters. The van der Waals surface area contributed by atoms with Crippen LogP contribution in [0, 0.1) is 5.92 Å². The number of rotatable bonds is 5. The number of aromatic carboxylic acids is 1. The second kappa shape index (κ2) is 5.99. The molecule has 5 nitrogen and oxygen atoms in total. The second-order valence-electron chi connectivity index (χ2n) is 6.45. The van der Waals surface area contributed by atoms with E-state index in [4.69, 9.17) is 5.11 Å². The van der Waals surface area contributed by atoms with Gasteiger partial charge in [0.15, 0.2) is 0 Å². The zero-order valence-corrected chi connectivity index (χ0v) is 12.6. The summed E-state index contributed by atoms with van der Waals surface area (Å²) in [6.07, 6.45) is 7.14. The van der Waals surface area contributed by atoms with E-state index < -0.39 is 5.97 Å². The summed E-state index contributed by atoms with van der Waals surface area (Å²) in [4.78, 5) is 22.9. The van der Waals surface area contributed by atoms with Crippen molar-refractivity contribution in [3.05, 3.63) is 35.4 Å². The van der Waals surface area contributed by atoms with E-state index in [9.17, 15) is 9.59 Å². The quantitative estimate of drug-likeness (QED) is 0.782. The maximum atomic E-state index is 12.1. The summed E-state index contributed by atoms with van der Waals surface area (Å²) in [6, 6.07) is 6.45. The highest BCUT2D eigenvalue weighted by Crippen LogP contribution is 2.47. The van der Waals surface area contributed by atoms with Crippen molar-refractivity contribution in [3.63, 3.8) is 0 Å². The molecule has 1 aromatic rings. The van der Waals surface area contributed by atoms with Crippen molar-refractivity contribution in [2.75, 3.05) is 0 Å². The van der Waals surface area contributed by atoms with E-state index in [0.717, 1.165) is 18.4 Å². The molecule has 0 radical (unpaired) electrons. The molecule has 0 aromatic heterocycles. The SMILES string of the molecule is O=C(NCc1ccc(C(=O)O)cc1)NC1(C2CCC2)CCC1. The first-order valence-corrected chi connectivity index (χ1v) is 7.97. The summed E-state index contributed by atoms with van der Waals surface area (Å²) in [5.41, 5.74) is 1.19. The van der Waals surface area contributed by atoms with Crippen LogP contribution < -0.4 is 10.6 Å². The molecule has 0 aliphatic heterocycles. The molecule has 2 fully saturated rings. The number of hydrogen-bond donors (Lipinski definition) is 3. The van der Waals surface area contributed by atoms with Crippen LogP contribution in [0.25, 0.3) is 0 Å². The lowest BCUT2D eigenvalue weighted by Crippen LogP contribution is -2.61. The molecule has 0 heterocycles. The Balaban J connectivity index is 1.50. The Labute approximate surface area is 130 Å². The van der Waals surface area contributed by atoms with Crippen LogP contribution in [0.2, 0.25) is 0 Å². The summed E-state index contributed by atoms with van der Waals surface area (Å²) >= 11 is 0. The van der Waals surface area contributed by atoms with Crippen LogP contribution in [0.3, 0.4) is 0 Å². The van der Waals surface area contributed by atoms with E-state index in [0.29, 0.717) is 12.5 Å². The van der Waals surface area contributed by atoms with Gasteiger partial charge in [-0.15, -0.1) is 0 Å². The van der Waals surface area contributed by atoms with Crippen molar-refractivity contribution in [1.82, 2.24) is 10.6 Å². The fourth-order valence-corrected chi connectivity index (χ4v) is 3.37. The van der Waals surface area contributed by atoms with Crippen molar-refractivity contribution >= 4 is 12.0 Å². The summed E-state index contributed by atoms with van der Waals surface area (Å²) in [5.74, 6) is -0.286. The van der Waals surface area contributed by atoms with Crippen molar-refractivity contribution in [3.8, 4) is 0 Å². The van der Waals surface area contributed by atoms with Gasteiger partial charge in [-0.3, -0.25) is 0 Å². The molecule has 0 atom stereocenters. The molecule has 0 bridgehead atoms. The summed E-state index contributed by atoms with van der Waals surface area (Å²) in [6.45, 7) is 0.409. The van der Waals surface area contributed by atoms with Gasteiger partial charge in [-0.2, -0.15) is 0 Å². The molecule has 2 saturated carbocycles. The molecule has 22 heavy (non-hydrogen) atoms. The number of carbonyl (C=O) groups excluding carboxylic acids is 1. The van der Waals surface area contributed by atoms with Gasteiger partial charge in [0.05, 0.1) is 5.56 Å². The molecule has 3 rings (SSSR count). The van der Waals surface area contributed by atoms with Crippen LogP contribution in [0.1, 0.15) is 54.4 Å². The number of benzene rings is 1. The van der Waals surface area contributed by atoms with Gasteiger partial charge in [0.25, 0.3) is 0 Å². The molecular weight excluding hydrogens is 280 g/mol.